The molecule has 0 radical (unpaired) electrons. The van der Waals surface area contributed by atoms with Gasteiger partial charge in [-0.2, -0.15) is 5.10 Å². The third kappa shape index (κ3) is 2.63. The zero-order chi connectivity index (χ0) is 9.73. The van der Waals surface area contributed by atoms with Crippen LogP contribution in [0.4, 0.5) is 0 Å². The Morgan fingerprint density at radius 1 is 1.62 bits per heavy atom. The Labute approximate surface area is 83.7 Å². The van der Waals surface area contributed by atoms with Crippen LogP contribution in [-0.2, 0) is 4.74 Å². The van der Waals surface area contributed by atoms with Crippen LogP contribution in [0.15, 0.2) is 5.10 Å². The van der Waals surface area contributed by atoms with Crippen molar-refractivity contribution in [3.05, 3.63) is 0 Å². The fourth-order valence-corrected chi connectivity index (χ4v) is 1.23. The van der Waals surface area contributed by atoms with Crippen molar-refractivity contribution in [2.45, 2.75) is 24.9 Å². The topological polar surface area (TPSA) is 45.7 Å². The molecule has 0 spiro atoms. The zero-order valence-corrected chi connectivity index (χ0v) is 8.78. The van der Waals surface area contributed by atoms with Gasteiger partial charge in [0.1, 0.15) is 5.60 Å². The molecule has 0 aromatic rings. The van der Waals surface area contributed by atoms with Crippen molar-refractivity contribution in [3.8, 4) is 0 Å². The third-order valence-corrected chi connectivity index (χ3v) is 2.59. The van der Waals surface area contributed by atoms with Crippen molar-refractivity contribution >= 4 is 23.5 Å². The highest BCUT2D eigenvalue weighted by Crippen LogP contribution is 2.32. The Hall–Kier alpha value is -0.680. The highest BCUT2D eigenvalue weighted by atomic mass is 32.1. The summed E-state index contributed by atoms with van der Waals surface area (Å²) in [6.45, 7) is 0. The van der Waals surface area contributed by atoms with Gasteiger partial charge in [-0.15, -0.1) is 0 Å². The van der Waals surface area contributed by atoms with Crippen LogP contribution in [-0.4, -0.2) is 31.1 Å². The molecule has 74 valence electrons. The quantitative estimate of drug-likeness (QED) is 0.399. The number of thiocarbonyl (C=S) groups is 1. The maximum atomic E-state index is 5.34. The number of hydrogen-bond acceptors (Lipinski definition) is 3. The monoisotopic (exact) mass is 201 g/mol. The Balaban J connectivity index is 2.33. The van der Waals surface area contributed by atoms with E-state index in [1.54, 1.807) is 20.4 Å². The van der Waals surface area contributed by atoms with Gasteiger partial charge >= 0.3 is 0 Å². The number of ether oxygens (including phenoxy) is 1. The van der Waals surface area contributed by atoms with Crippen molar-refractivity contribution in [1.29, 1.82) is 0 Å². The van der Waals surface area contributed by atoms with Crippen molar-refractivity contribution in [2.24, 2.45) is 5.10 Å². The lowest BCUT2D eigenvalue weighted by Crippen LogP contribution is -2.41. The molecule has 5 heteroatoms. The summed E-state index contributed by atoms with van der Waals surface area (Å²) >= 11 is 4.86. The number of rotatable bonds is 3. The second-order valence-corrected chi connectivity index (χ2v) is 3.48. The second-order valence-electron chi connectivity index (χ2n) is 3.07. The number of nitrogens with zero attached hydrogens (tertiary/aromatic N) is 1. The smallest absolute Gasteiger partial charge is 0.186 e. The summed E-state index contributed by atoms with van der Waals surface area (Å²) in [6.07, 6.45) is 5.08. The SMILES string of the molecule is CNC(=S)N/N=C/C1(OC)CCC1. The molecule has 2 N–H and O–H groups in total. The van der Waals surface area contributed by atoms with Gasteiger partial charge in [0.15, 0.2) is 5.11 Å². The average molecular weight is 201 g/mol. The Morgan fingerprint density at radius 3 is 2.69 bits per heavy atom. The van der Waals surface area contributed by atoms with Crippen LogP contribution in [0.25, 0.3) is 0 Å². The number of hydrazone groups is 1. The van der Waals surface area contributed by atoms with Gasteiger partial charge in [-0.05, 0) is 31.5 Å². The molecule has 4 nitrogen and oxygen atoms in total. The van der Waals surface area contributed by atoms with E-state index in [2.05, 4.69) is 15.8 Å². The highest BCUT2D eigenvalue weighted by Gasteiger charge is 2.35. The molecule has 1 saturated carbocycles. The minimum atomic E-state index is -0.143. The normalized spacial score (nSPS) is 19.5. The van der Waals surface area contributed by atoms with E-state index < -0.39 is 0 Å². The van der Waals surface area contributed by atoms with Crippen LogP contribution in [0.3, 0.4) is 0 Å². The average Bonchev–Trinajstić information content (AvgIpc) is 2.09. The van der Waals surface area contributed by atoms with Crippen LogP contribution in [0.1, 0.15) is 19.3 Å². The Morgan fingerprint density at radius 2 is 2.31 bits per heavy atom. The molecule has 0 unspecified atom stereocenters. The van der Waals surface area contributed by atoms with Gasteiger partial charge < -0.3 is 10.1 Å². The molecule has 1 rings (SSSR count). The molecule has 0 aliphatic heterocycles. The molecule has 1 aliphatic rings. The fourth-order valence-electron chi connectivity index (χ4n) is 1.18. The predicted octanol–water partition coefficient (Wildman–Crippen LogP) is 0.635. The minimum absolute atomic E-state index is 0.143. The summed E-state index contributed by atoms with van der Waals surface area (Å²) in [5.74, 6) is 0. The second kappa shape index (κ2) is 4.53. The van der Waals surface area contributed by atoms with Gasteiger partial charge in [0, 0.05) is 14.2 Å². The first kappa shape index (κ1) is 10.4. The first-order valence-corrected chi connectivity index (χ1v) is 4.70. The van der Waals surface area contributed by atoms with Crippen LogP contribution in [0.5, 0.6) is 0 Å². The van der Waals surface area contributed by atoms with Gasteiger partial charge in [-0.25, -0.2) is 0 Å². The molecule has 0 aromatic carbocycles. The van der Waals surface area contributed by atoms with E-state index in [1.807, 2.05) is 0 Å². The van der Waals surface area contributed by atoms with Crippen LogP contribution >= 0.6 is 12.2 Å². The Kier molecular flexibility index (Phi) is 3.62. The summed E-state index contributed by atoms with van der Waals surface area (Å²) in [6, 6.07) is 0. The summed E-state index contributed by atoms with van der Waals surface area (Å²) in [4.78, 5) is 0. The van der Waals surface area contributed by atoms with E-state index in [-0.39, 0.29) is 5.60 Å². The number of methoxy groups -OCH3 is 1. The fraction of sp³-hybridized carbons (Fsp3) is 0.750. The van der Waals surface area contributed by atoms with Gasteiger partial charge in [-0.1, -0.05) is 0 Å². The van der Waals surface area contributed by atoms with Crippen molar-refractivity contribution in [1.82, 2.24) is 10.7 Å². The van der Waals surface area contributed by atoms with E-state index in [1.165, 1.54) is 6.42 Å². The standard InChI is InChI=1S/C8H15N3OS/c1-9-7(13)11-10-6-8(12-2)4-3-5-8/h6H,3-5H2,1-2H3,(H2,9,11,13)/b10-6+. The van der Waals surface area contributed by atoms with E-state index in [0.29, 0.717) is 5.11 Å². The van der Waals surface area contributed by atoms with Gasteiger partial charge in [0.25, 0.3) is 0 Å². The summed E-state index contributed by atoms with van der Waals surface area (Å²) < 4.78 is 5.34. The van der Waals surface area contributed by atoms with Gasteiger partial charge in [-0.3, -0.25) is 5.43 Å². The lowest BCUT2D eigenvalue weighted by atomic mass is 9.81. The molecular weight excluding hydrogens is 186 g/mol. The molecule has 0 amide bonds. The van der Waals surface area contributed by atoms with Gasteiger partial charge in [0.05, 0.1) is 6.21 Å². The molecule has 1 fully saturated rings. The highest BCUT2D eigenvalue weighted by molar-refractivity contribution is 7.80. The molecule has 0 heterocycles. The van der Waals surface area contributed by atoms with E-state index >= 15 is 0 Å². The molecule has 13 heavy (non-hydrogen) atoms. The number of hydrogen-bond donors (Lipinski definition) is 2. The molecule has 0 atom stereocenters. The van der Waals surface area contributed by atoms with Crippen LogP contribution in [0.2, 0.25) is 0 Å². The summed E-state index contributed by atoms with van der Waals surface area (Å²) in [5, 5.41) is 7.29. The lowest BCUT2D eigenvalue weighted by Gasteiger charge is -2.36. The predicted molar refractivity (Wildman–Crippen MR) is 56.9 cm³/mol. The van der Waals surface area contributed by atoms with E-state index in [0.717, 1.165) is 12.8 Å². The first-order chi connectivity index (χ1) is 6.22. The van der Waals surface area contributed by atoms with Crippen LogP contribution < -0.4 is 10.7 Å². The van der Waals surface area contributed by atoms with Crippen molar-refractivity contribution in [2.75, 3.05) is 14.2 Å². The maximum Gasteiger partial charge on any atom is 0.186 e. The van der Waals surface area contributed by atoms with Gasteiger partial charge in [0.2, 0.25) is 0 Å². The summed E-state index contributed by atoms with van der Waals surface area (Å²) in [5.41, 5.74) is 2.56. The third-order valence-electron chi connectivity index (χ3n) is 2.30. The van der Waals surface area contributed by atoms with Crippen LogP contribution in [0, 0.1) is 0 Å². The van der Waals surface area contributed by atoms with E-state index in [4.69, 9.17) is 17.0 Å². The molecule has 0 bridgehead atoms. The first-order valence-electron chi connectivity index (χ1n) is 4.29. The molecule has 0 aromatic heterocycles. The number of nitrogens with one attached hydrogen (secondary N) is 2. The molecule has 0 saturated heterocycles. The Bertz CT molecular complexity index is 208. The molecular formula is C8H15N3OS. The minimum Gasteiger partial charge on any atom is -0.372 e. The molecule has 1 aliphatic carbocycles. The van der Waals surface area contributed by atoms with E-state index in [9.17, 15) is 0 Å². The largest absolute Gasteiger partial charge is 0.372 e. The summed E-state index contributed by atoms with van der Waals surface area (Å²) in [7, 11) is 3.46. The zero-order valence-electron chi connectivity index (χ0n) is 7.96. The van der Waals surface area contributed by atoms with Crippen molar-refractivity contribution in [3.63, 3.8) is 0 Å². The lowest BCUT2D eigenvalue weighted by molar-refractivity contribution is -0.00842. The van der Waals surface area contributed by atoms with Crippen molar-refractivity contribution < 1.29 is 4.74 Å². The maximum absolute atomic E-state index is 5.34.